The molecule has 0 saturated carbocycles. The topological polar surface area (TPSA) is 109 Å². The van der Waals surface area contributed by atoms with E-state index < -0.39 is 12.0 Å². The van der Waals surface area contributed by atoms with E-state index >= 15 is 0 Å². The highest BCUT2D eigenvalue weighted by Gasteiger charge is 2.06. The van der Waals surface area contributed by atoms with E-state index in [1.807, 2.05) is 0 Å². The zero-order valence-corrected chi connectivity index (χ0v) is 8.38. The summed E-state index contributed by atoms with van der Waals surface area (Å²) < 4.78 is 0. The Morgan fingerprint density at radius 3 is 3.00 bits per heavy atom. The second kappa shape index (κ2) is 5.49. The van der Waals surface area contributed by atoms with Gasteiger partial charge in [0.25, 0.3) is 0 Å². The van der Waals surface area contributed by atoms with Crippen LogP contribution in [0, 0.1) is 0 Å². The van der Waals surface area contributed by atoms with Gasteiger partial charge in [-0.05, 0) is 0 Å². The van der Waals surface area contributed by atoms with Crippen LogP contribution in [0.15, 0.2) is 18.9 Å². The quantitative estimate of drug-likeness (QED) is 0.594. The molecule has 8 nitrogen and oxygen atoms in total. The second-order valence-electron chi connectivity index (χ2n) is 2.78. The van der Waals surface area contributed by atoms with Crippen LogP contribution in [-0.2, 0) is 11.3 Å². The molecular weight excluding hydrogens is 214 g/mol. The number of aromatic nitrogens is 3. The Balaban J connectivity index is 2.48. The Hall–Kier alpha value is -2.38. The number of aliphatic carboxylic acids is 1. The van der Waals surface area contributed by atoms with Gasteiger partial charge in [-0.15, -0.1) is 11.7 Å². The zero-order chi connectivity index (χ0) is 12.0. The van der Waals surface area contributed by atoms with Crippen LogP contribution in [0.4, 0.5) is 10.6 Å². The van der Waals surface area contributed by atoms with Crippen LogP contribution in [0.2, 0.25) is 0 Å². The predicted molar refractivity (Wildman–Crippen MR) is 54.9 cm³/mol. The Kier molecular flexibility index (Phi) is 4.01. The van der Waals surface area contributed by atoms with Crippen LogP contribution >= 0.6 is 0 Å². The second-order valence-corrected chi connectivity index (χ2v) is 2.78. The fourth-order valence-electron chi connectivity index (χ4n) is 0.877. The lowest BCUT2D eigenvalue weighted by molar-refractivity contribution is -0.138. The van der Waals surface area contributed by atoms with Crippen molar-refractivity contribution < 1.29 is 14.7 Å². The molecule has 8 heteroatoms. The number of carboxylic acids is 1. The zero-order valence-electron chi connectivity index (χ0n) is 8.38. The molecule has 0 radical (unpaired) electrons. The Morgan fingerprint density at radius 1 is 1.62 bits per heavy atom. The number of nitrogens with one attached hydrogen (secondary N) is 2. The van der Waals surface area contributed by atoms with Crippen LogP contribution in [-0.4, -0.2) is 38.6 Å². The number of hydrogen-bond acceptors (Lipinski definition) is 4. The third kappa shape index (κ3) is 3.78. The van der Waals surface area contributed by atoms with Crippen molar-refractivity contribution in [1.82, 2.24) is 20.3 Å². The largest absolute Gasteiger partial charge is 0.480 e. The van der Waals surface area contributed by atoms with Gasteiger partial charge in [0.2, 0.25) is 0 Å². The molecule has 0 aliphatic heterocycles. The number of anilines is 1. The molecule has 0 unspecified atom stereocenters. The summed E-state index contributed by atoms with van der Waals surface area (Å²) in [6.07, 6.45) is 2.79. The molecule has 1 rings (SSSR count). The van der Waals surface area contributed by atoms with Crippen molar-refractivity contribution in [2.75, 3.05) is 11.9 Å². The number of urea groups is 1. The molecule has 0 saturated heterocycles. The smallest absolute Gasteiger partial charge is 0.327 e. The summed E-state index contributed by atoms with van der Waals surface area (Å²) in [5, 5.41) is 20.7. The molecule has 0 spiro atoms. The number of hydrogen-bond donors (Lipinski definition) is 3. The van der Waals surface area contributed by atoms with Gasteiger partial charge in [0.1, 0.15) is 0 Å². The molecule has 1 heterocycles. The Morgan fingerprint density at radius 2 is 2.38 bits per heavy atom. The van der Waals surface area contributed by atoms with Crippen molar-refractivity contribution in [3.8, 4) is 0 Å². The van der Waals surface area contributed by atoms with Gasteiger partial charge in [0.15, 0.2) is 12.4 Å². The van der Waals surface area contributed by atoms with E-state index in [-0.39, 0.29) is 12.4 Å². The van der Waals surface area contributed by atoms with Crippen LogP contribution in [0.3, 0.4) is 0 Å². The van der Waals surface area contributed by atoms with E-state index in [0.717, 1.165) is 4.80 Å². The van der Waals surface area contributed by atoms with Gasteiger partial charge in [0.05, 0.1) is 6.20 Å². The van der Waals surface area contributed by atoms with Crippen molar-refractivity contribution in [2.45, 2.75) is 6.54 Å². The van der Waals surface area contributed by atoms with E-state index in [2.05, 4.69) is 27.4 Å². The van der Waals surface area contributed by atoms with Gasteiger partial charge < -0.3 is 10.4 Å². The van der Waals surface area contributed by atoms with E-state index in [9.17, 15) is 9.59 Å². The number of carbonyl (C=O) groups excluding carboxylic acids is 1. The van der Waals surface area contributed by atoms with Crippen LogP contribution in [0.1, 0.15) is 0 Å². The SMILES string of the molecule is C=CCNC(=O)Nc1cnn(CC(=O)O)n1. The third-order valence-corrected chi connectivity index (χ3v) is 1.46. The third-order valence-electron chi connectivity index (χ3n) is 1.46. The maximum absolute atomic E-state index is 11.1. The molecule has 16 heavy (non-hydrogen) atoms. The number of rotatable bonds is 5. The molecule has 0 bridgehead atoms. The minimum absolute atomic E-state index is 0.183. The highest BCUT2D eigenvalue weighted by atomic mass is 16.4. The average Bonchev–Trinajstić information content (AvgIpc) is 2.61. The molecule has 86 valence electrons. The molecule has 1 aromatic rings. The highest BCUT2D eigenvalue weighted by Crippen LogP contribution is 1.98. The molecule has 0 aliphatic carbocycles. The minimum Gasteiger partial charge on any atom is -0.480 e. The first-order chi connectivity index (χ1) is 7.61. The van der Waals surface area contributed by atoms with Crippen molar-refractivity contribution in [1.29, 1.82) is 0 Å². The van der Waals surface area contributed by atoms with Crippen molar-refractivity contribution in [2.24, 2.45) is 0 Å². The maximum atomic E-state index is 11.1. The average molecular weight is 225 g/mol. The summed E-state index contributed by atoms with van der Waals surface area (Å²) in [6, 6.07) is -0.456. The van der Waals surface area contributed by atoms with Crippen LogP contribution in [0.5, 0.6) is 0 Å². The molecule has 0 fully saturated rings. The van der Waals surface area contributed by atoms with E-state index in [0.29, 0.717) is 6.54 Å². The van der Waals surface area contributed by atoms with E-state index in [4.69, 9.17) is 5.11 Å². The lowest BCUT2D eigenvalue weighted by Crippen LogP contribution is -2.28. The Bertz CT molecular complexity index is 400. The van der Waals surface area contributed by atoms with Crippen molar-refractivity contribution in [3.63, 3.8) is 0 Å². The normalized spacial score (nSPS) is 9.50. The molecule has 1 aromatic heterocycles. The van der Waals surface area contributed by atoms with Gasteiger partial charge in [-0.2, -0.15) is 9.90 Å². The lowest BCUT2D eigenvalue weighted by atomic mass is 10.6. The maximum Gasteiger partial charge on any atom is 0.327 e. The first-order valence-corrected chi connectivity index (χ1v) is 4.39. The summed E-state index contributed by atoms with van der Waals surface area (Å²) in [7, 11) is 0. The highest BCUT2D eigenvalue weighted by molar-refractivity contribution is 5.88. The molecule has 3 N–H and O–H groups in total. The number of carboxylic acid groups (broad SMARTS) is 1. The van der Waals surface area contributed by atoms with Gasteiger partial charge in [0, 0.05) is 6.54 Å². The fourth-order valence-corrected chi connectivity index (χ4v) is 0.877. The predicted octanol–water partition coefficient (Wildman–Crippen LogP) is -0.330. The standard InChI is InChI=1S/C8H11N5O3/c1-2-3-9-8(16)11-6-4-10-13(12-6)5-7(14)15/h2,4H,1,3,5H2,(H,14,15)(H2,9,11,12,16). The summed E-state index contributed by atoms with van der Waals surface area (Å²) in [5.74, 6) is -0.874. The molecule has 0 aliphatic rings. The first kappa shape index (κ1) is 11.7. The number of carbonyl (C=O) groups is 2. The molecular formula is C8H11N5O3. The fraction of sp³-hybridized carbons (Fsp3) is 0.250. The van der Waals surface area contributed by atoms with Crippen LogP contribution in [0.25, 0.3) is 0 Å². The Labute approximate surface area is 90.9 Å². The summed E-state index contributed by atoms with van der Waals surface area (Å²) in [6.45, 7) is 3.41. The molecule has 0 atom stereocenters. The van der Waals surface area contributed by atoms with E-state index in [1.54, 1.807) is 0 Å². The monoisotopic (exact) mass is 225 g/mol. The van der Waals surface area contributed by atoms with E-state index in [1.165, 1.54) is 12.3 Å². The van der Waals surface area contributed by atoms with Gasteiger partial charge in [-0.3, -0.25) is 10.1 Å². The number of nitrogens with zero attached hydrogens (tertiary/aromatic N) is 3. The van der Waals surface area contributed by atoms with Gasteiger partial charge >= 0.3 is 12.0 Å². The minimum atomic E-state index is -1.06. The first-order valence-electron chi connectivity index (χ1n) is 4.39. The summed E-state index contributed by atoms with van der Waals surface area (Å²) in [5.41, 5.74) is 0. The van der Waals surface area contributed by atoms with Crippen molar-refractivity contribution >= 4 is 17.8 Å². The van der Waals surface area contributed by atoms with Crippen LogP contribution < -0.4 is 10.6 Å². The summed E-state index contributed by atoms with van der Waals surface area (Å²) in [4.78, 5) is 22.4. The van der Waals surface area contributed by atoms with Crippen molar-refractivity contribution in [3.05, 3.63) is 18.9 Å². The summed E-state index contributed by atoms with van der Waals surface area (Å²) >= 11 is 0. The molecule has 2 amide bonds. The number of amides is 2. The molecule has 0 aromatic carbocycles. The van der Waals surface area contributed by atoms with Gasteiger partial charge in [-0.1, -0.05) is 6.08 Å². The lowest BCUT2D eigenvalue weighted by Gasteiger charge is -2.01. The van der Waals surface area contributed by atoms with Gasteiger partial charge in [-0.25, -0.2) is 4.79 Å².